The van der Waals surface area contributed by atoms with Crippen LogP contribution in [0.4, 0.5) is 17.5 Å². The zero-order chi connectivity index (χ0) is 15.2. The van der Waals surface area contributed by atoms with Crippen LogP contribution in [0.1, 0.15) is 12.5 Å². The van der Waals surface area contributed by atoms with Gasteiger partial charge in [0, 0.05) is 13.1 Å². The number of hydrogen-bond acceptors (Lipinski definition) is 6. The zero-order valence-electron chi connectivity index (χ0n) is 11.9. The Kier molecular flexibility index (Phi) is 4.65. The van der Waals surface area contributed by atoms with Crippen LogP contribution in [0, 0.1) is 10.1 Å². The van der Waals surface area contributed by atoms with Crippen LogP contribution in [0.15, 0.2) is 36.5 Å². The summed E-state index contributed by atoms with van der Waals surface area (Å²) in [5.74, 6) is 0.567. The van der Waals surface area contributed by atoms with Crippen molar-refractivity contribution in [1.82, 2.24) is 9.97 Å². The fraction of sp³-hybridized carbons (Fsp3) is 0.286. The van der Waals surface area contributed by atoms with Gasteiger partial charge in [-0.25, -0.2) is 4.98 Å². The van der Waals surface area contributed by atoms with E-state index < -0.39 is 4.92 Å². The minimum atomic E-state index is -0.489. The summed E-state index contributed by atoms with van der Waals surface area (Å²) in [5, 5.41) is 16.9. The molecule has 1 unspecified atom stereocenters. The molecule has 2 N–H and O–H groups in total. The van der Waals surface area contributed by atoms with Crippen molar-refractivity contribution in [2.24, 2.45) is 0 Å². The summed E-state index contributed by atoms with van der Waals surface area (Å²) in [6.07, 6.45) is 1.95. The van der Waals surface area contributed by atoms with Gasteiger partial charge in [-0.05, 0) is 18.9 Å². The molecule has 2 rings (SSSR count). The van der Waals surface area contributed by atoms with E-state index in [1.165, 1.54) is 6.20 Å². The second kappa shape index (κ2) is 6.65. The van der Waals surface area contributed by atoms with Crippen LogP contribution in [-0.2, 0) is 6.42 Å². The van der Waals surface area contributed by atoms with E-state index in [-0.39, 0.29) is 17.5 Å². The van der Waals surface area contributed by atoms with Gasteiger partial charge in [0.25, 0.3) is 0 Å². The molecule has 21 heavy (non-hydrogen) atoms. The molecule has 0 aliphatic heterocycles. The summed E-state index contributed by atoms with van der Waals surface area (Å²) in [5.41, 5.74) is 1.02. The molecule has 1 heterocycles. The summed E-state index contributed by atoms with van der Waals surface area (Å²) in [6, 6.07) is 9.93. The Morgan fingerprint density at radius 1 is 1.33 bits per heavy atom. The van der Waals surface area contributed by atoms with Crippen molar-refractivity contribution in [3.8, 4) is 0 Å². The van der Waals surface area contributed by atoms with Crippen LogP contribution in [-0.4, -0.2) is 28.0 Å². The van der Waals surface area contributed by atoms with Crippen LogP contribution >= 0.6 is 0 Å². The molecule has 0 saturated carbocycles. The van der Waals surface area contributed by atoms with Gasteiger partial charge < -0.3 is 10.6 Å². The molecule has 0 aliphatic carbocycles. The summed E-state index contributed by atoms with van der Waals surface area (Å²) in [6.45, 7) is 1.96. The highest BCUT2D eigenvalue weighted by molar-refractivity contribution is 5.57. The second-order valence-electron chi connectivity index (χ2n) is 4.67. The Labute approximate surface area is 122 Å². The summed E-state index contributed by atoms with van der Waals surface area (Å²) in [4.78, 5) is 18.5. The monoisotopic (exact) mass is 287 g/mol. The fourth-order valence-electron chi connectivity index (χ4n) is 1.99. The van der Waals surface area contributed by atoms with E-state index in [2.05, 4.69) is 20.6 Å². The van der Waals surface area contributed by atoms with Crippen molar-refractivity contribution in [1.29, 1.82) is 0 Å². The van der Waals surface area contributed by atoms with Gasteiger partial charge in [-0.3, -0.25) is 10.1 Å². The van der Waals surface area contributed by atoms with Crippen molar-refractivity contribution in [2.75, 3.05) is 17.7 Å². The van der Waals surface area contributed by atoms with Crippen LogP contribution in [0.3, 0.4) is 0 Å². The molecule has 0 fully saturated rings. The molecular formula is C14H17N5O2. The molecule has 0 saturated heterocycles. The summed E-state index contributed by atoms with van der Waals surface area (Å²) >= 11 is 0. The quantitative estimate of drug-likeness (QED) is 0.626. The Morgan fingerprint density at radius 3 is 2.67 bits per heavy atom. The molecule has 7 nitrogen and oxygen atoms in total. The van der Waals surface area contributed by atoms with Gasteiger partial charge >= 0.3 is 5.69 Å². The van der Waals surface area contributed by atoms with Crippen molar-refractivity contribution < 1.29 is 4.92 Å². The number of nitrogens with one attached hydrogen (secondary N) is 2. The summed E-state index contributed by atoms with van der Waals surface area (Å²) in [7, 11) is 1.67. The highest BCUT2D eigenvalue weighted by atomic mass is 16.6. The van der Waals surface area contributed by atoms with E-state index in [9.17, 15) is 10.1 Å². The standard InChI is InChI=1S/C14H17N5O2/c1-10(8-11-6-4-3-5-7-11)17-13-12(19(20)21)9-16-14(15-2)18-13/h3-7,9-10H,8H2,1-2H3,(H2,15,16,17,18). The number of hydrogen-bond donors (Lipinski definition) is 2. The Hall–Kier alpha value is -2.70. The van der Waals surface area contributed by atoms with Gasteiger partial charge in [-0.15, -0.1) is 0 Å². The average Bonchev–Trinajstić information content (AvgIpc) is 2.47. The molecule has 0 aliphatic rings. The Morgan fingerprint density at radius 2 is 2.05 bits per heavy atom. The number of aromatic nitrogens is 2. The lowest BCUT2D eigenvalue weighted by molar-refractivity contribution is -0.384. The maximum atomic E-state index is 11.0. The number of nitro groups is 1. The normalized spacial score (nSPS) is 11.7. The highest BCUT2D eigenvalue weighted by Gasteiger charge is 2.18. The largest absolute Gasteiger partial charge is 0.361 e. The van der Waals surface area contributed by atoms with Gasteiger partial charge in [0.15, 0.2) is 0 Å². The molecule has 0 amide bonds. The van der Waals surface area contributed by atoms with Gasteiger partial charge in [-0.2, -0.15) is 4.98 Å². The molecule has 2 aromatic rings. The molecule has 110 valence electrons. The van der Waals surface area contributed by atoms with Crippen LogP contribution in [0.2, 0.25) is 0 Å². The first-order valence-electron chi connectivity index (χ1n) is 6.59. The van der Waals surface area contributed by atoms with Crippen molar-refractivity contribution >= 4 is 17.5 Å². The van der Waals surface area contributed by atoms with Crippen LogP contribution in [0.5, 0.6) is 0 Å². The topological polar surface area (TPSA) is 93.0 Å². The van der Waals surface area contributed by atoms with Crippen molar-refractivity contribution in [3.05, 3.63) is 52.2 Å². The molecule has 1 atom stereocenters. The number of benzene rings is 1. The maximum Gasteiger partial charge on any atom is 0.329 e. The molecule has 0 spiro atoms. The lowest BCUT2D eigenvalue weighted by Gasteiger charge is -2.15. The third-order valence-electron chi connectivity index (χ3n) is 2.96. The Balaban J connectivity index is 2.15. The van der Waals surface area contributed by atoms with E-state index in [1.807, 2.05) is 37.3 Å². The zero-order valence-corrected chi connectivity index (χ0v) is 11.9. The number of nitrogens with zero attached hydrogens (tertiary/aromatic N) is 3. The first kappa shape index (κ1) is 14.7. The SMILES string of the molecule is CNc1ncc([N+](=O)[O-])c(NC(C)Cc2ccccc2)n1. The van der Waals surface area contributed by atoms with Crippen LogP contribution < -0.4 is 10.6 Å². The van der Waals surface area contributed by atoms with Gasteiger partial charge in [0.1, 0.15) is 6.20 Å². The number of rotatable bonds is 6. The van der Waals surface area contributed by atoms with E-state index in [0.29, 0.717) is 5.95 Å². The molecule has 1 aromatic heterocycles. The lowest BCUT2D eigenvalue weighted by Crippen LogP contribution is -2.20. The number of anilines is 2. The molecule has 0 bridgehead atoms. The predicted molar refractivity (Wildman–Crippen MR) is 81.5 cm³/mol. The predicted octanol–water partition coefficient (Wildman–Crippen LogP) is 2.47. The lowest BCUT2D eigenvalue weighted by atomic mass is 10.1. The average molecular weight is 287 g/mol. The fourth-order valence-corrected chi connectivity index (χ4v) is 1.99. The van der Waals surface area contributed by atoms with E-state index >= 15 is 0 Å². The van der Waals surface area contributed by atoms with E-state index in [1.54, 1.807) is 7.05 Å². The first-order chi connectivity index (χ1) is 10.1. The van der Waals surface area contributed by atoms with E-state index in [4.69, 9.17) is 0 Å². The molecule has 1 aromatic carbocycles. The molecule has 7 heteroatoms. The minimum Gasteiger partial charge on any atom is -0.361 e. The van der Waals surface area contributed by atoms with Crippen LogP contribution in [0.25, 0.3) is 0 Å². The van der Waals surface area contributed by atoms with Crippen molar-refractivity contribution in [3.63, 3.8) is 0 Å². The summed E-state index contributed by atoms with van der Waals surface area (Å²) < 4.78 is 0. The first-order valence-corrected chi connectivity index (χ1v) is 6.59. The second-order valence-corrected chi connectivity index (χ2v) is 4.67. The molecular weight excluding hydrogens is 270 g/mol. The smallest absolute Gasteiger partial charge is 0.329 e. The van der Waals surface area contributed by atoms with Crippen molar-refractivity contribution in [2.45, 2.75) is 19.4 Å². The third kappa shape index (κ3) is 3.88. The third-order valence-corrected chi connectivity index (χ3v) is 2.96. The maximum absolute atomic E-state index is 11.0. The van der Waals surface area contributed by atoms with Gasteiger partial charge in [-0.1, -0.05) is 30.3 Å². The van der Waals surface area contributed by atoms with Gasteiger partial charge in [0.2, 0.25) is 11.8 Å². The molecule has 0 radical (unpaired) electrons. The minimum absolute atomic E-state index is 0.00528. The van der Waals surface area contributed by atoms with E-state index in [0.717, 1.165) is 12.0 Å². The highest BCUT2D eigenvalue weighted by Crippen LogP contribution is 2.23. The van der Waals surface area contributed by atoms with Gasteiger partial charge in [0.05, 0.1) is 4.92 Å². The Bertz CT molecular complexity index is 618.